The Bertz CT molecular complexity index is 3060. The molecule has 0 saturated heterocycles. The van der Waals surface area contributed by atoms with Crippen LogP contribution in [-0.2, 0) is 32.4 Å². The van der Waals surface area contributed by atoms with Gasteiger partial charge in [0.15, 0.2) is 11.6 Å². The molecule has 0 fully saturated rings. The molecule has 22 heteroatoms. The third-order valence-corrected chi connectivity index (χ3v) is 11.4. The number of carbonyl (C=O) groups is 1. The van der Waals surface area contributed by atoms with Gasteiger partial charge in [0.25, 0.3) is 6.47 Å². The minimum Gasteiger partial charge on any atom is -1.00 e. The maximum Gasteiger partial charge on any atom is 1.00 e. The normalized spacial score (nSPS) is 14.0. The summed E-state index contributed by atoms with van der Waals surface area (Å²) >= 11 is 5.35. The fourth-order valence-electron chi connectivity index (χ4n) is 7.98. The SMILES string of the molecule is CC1OCc2c1c1ncnc(N)c1n2-c1ccc(Oc2cccc(O)c2)cc1.CC1OCc2c1c1ncnc(N)c1n2-c1ccc(Oc2cccc(OCCN(C)C)c2)cc1.CN(C)CCCl.O=CO[O-].[H-].[K+].[K+]. The summed E-state index contributed by atoms with van der Waals surface area (Å²) in [5.74, 6) is 5.24. The molecule has 0 bridgehead atoms. The molecule has 0 amide bonds. The summed E-state index contributed by atoms with van der Waals surface area (Å²) in [5.41, 5.74) is 21.8. The zero-order valence-electron chi connectivity index (χ0n) is 43.2. The Labute approximate surface area is 514 Å². The van der Waals surface area contributed by atoms with Gasteiger partial charge in [-0.1, -0.05) is 12.1 Å². The van der Waals surface area contributed by atoms with Gasteiger partial charge in [-0.3, -0.25) is 4.79 Å². The molecule has 2 aliphatic heterocycles. The molecule has 73 heavy (non-hydrogen) atoms. The van der Waals surface area contributed by atoms with Gasteiger partial charge in [0.1, 0.15) is 75.8 Å². The maximum absolute atomic E-state index is 9.58. The number of anilines is 2. The average molecular weight is 1070 g/mol. The monoisotopic (exact) mass is 1070 g/mol. The van der Waals surface area contributed by atoms with Gasteiger partial charge in [0, 0.05) is 53.6 Å². The predicted molar refractivity (Wildman–Crippen MR) is 269 cm³/mol. The Morgan fingerprint density at radius 3 is 1.55 bits per heavy atom. The number of halogens is 1. The minimum atomic E-state index is -0.181. The number of nitrogens with zero attached hydrogens (tertiary/aromatic N) is 8. The van der Waals surface area contributed by atoms with Crippen molar-refractivity contribution >= 4 is 51.8 Å². The number of rotatable bonds is 13. The second-order valence-corrected chi connectivity index (χ2v) is 17.1. The first-order valence-corrected chi connectivity index (χ1v) is 23.0. The summed E-state index contributed by atoms with van der Waals surface area (Å²) in [5, 5.41) is 18.0. The quantitative estimate of drug-likeness (QED) is 0.0491. The van der Waals surface area contributed by atoms with E-state index in [1.54, 1.807) is 24.3 Å². The third-order valence-electron chi connectivity index (χ3n) is 11.2. The third kappa shape index (κ3) is 15.0. The number of hydrogen-bond acceptors (Lipinski definition) is 17. The van der Waals surface area contributed by atoms with Gasteiger partial charge in [-0.2, -0.15) is 0 Å². The first-order valence-electron chi connectivity index (χ1n) is 22.5. The molecule has 0 radical (unpaired) electrons. The summed E-state index contributed by atoms with van der Waals surface area (Å²) in [6.45, 7) is 7.31. The Balaban J connectivity index is 0.000000264. The Morgan fingerprint density at radius 1 is 0.699 bits per heavy atom. The molecule has 2 aliphatic rings. The van der Waals surface area contributed by atoms with E-state index in [4.69, 9.17) is 56.8 Å². The number of aromatic nitrogens is 6. The van der Waals surface area contributed by atoms with Crippen LogP contribution in [0.3, 0.4) is 0 Å². The van der Waals surface area contributed by atoms with E-state index < -0.39 is 0 Å². The summed E-state index contributed by atoms with van der Waals surface area (Å²) in [6.07, 6.45) is 2.91. The Morgan fingerprint density at radius 2 is 1.14 bits per heavy atom. The number of likely N-dealkylation sites (N-methyl/N-ethyl adjacent to an activating group) is 1. The molecule has 2 unspecified atom stereocenters. The first-order chi connectivity index (χ1) is 34.3. The topological polar surface area (TPSA) is 236 Å². The number of ether oxygens (including phenoxy) is 5. The van der Waals surface area contributed by atoms with Gasteiger partial charge in [-0.15, -0.1) is 11.6 Å². The molecular formula is C51H57ClK2N10O9. The molecular weight excluding hydrogens is 1010 g/mol. The van der Waals surface area contributed by atoms with Crippen molar-refractivity contribution in [3.63, 3.8) is 0 Å². The van der Waals surface area contributed by atoms with E-state index in [0.29, 0.717) is 43.0 Å². The van der Waals surface area contributed by atoms with Crippen LogP contribution < -0.4 is 134 Å². The van der Waals surface area contributed by atoms with E-state index >= 15 is 0 Å². The van der Waals surface area contributed by atoms with E-state index in [-0.39, 0.29) is 129 Å². The van der Waals surface area contributed by atoms with Gasteiger partial charge in [0.2, 0.25) is 0 Å². The van der Waals surface area contributed by atoms with E-state index in [2.05, 4.69) is 38.9 Å². The standard InChI is InChI=1S/C25H27N5O3.C21H18N4O3.C4H10ClN.CH2O3.2K.H/c1-16-22-21(14-32-16)30(24-23(22)27-15-28-25(24)26)17-7-9-18(10-8-17)33-20-6-4-5-19(13-20)31-12-11-29(2)3;1-12-18-17(10-27-12)25(20-19(18)23-11-24-21(20)22)13-5-7-15(8-6-13)28-16-4-2-3-14(26)9-16;1-6(2)4-3-5;2-1-4-3;;;/h4-10,13,15-16H,11-12,14H2,1-3H3,(H2,26,27,28);2-9,11-12,26H,10H2,1H3,(H2,22,23,24);3-4H2,1-2H3;1,3H;;;/q;;;;2*+1;-1/p-1. The van der Waals surface area contributed by atoms with Crippen LogP contribution in [-0.4, -0.2) is 104 Å². The number of phenolic OH excluding ortho intramolecular Hbond substituents is 1. The van der Waals surface area contributed by atoms with Crippen LogP contribution in [0.1, 0.15) is 50.0 Å². The fourth-order valence-corrected chi connectivity index (χ4v) is 8.31. The van der Waals surface area contributed by atoms with E-state index in [1.165, 1.54) is 12.7 Å². The first kappa shape index (κ1) is 59.6. The molecule has 0 spiro atoms. The summed E-state index contributed by atoms with van der Waals surface area (Å²) in [7, 11) is 8.05. The Kier molecular flexibility index (Phi) is 23.4. The molecule has 2 atom stereocenters. The zero-order valence-corrected chi connectivity index (χ0v) is 49.2. The number of benzene rings is 4. The van der Waals surface area contributed by atoms with Crippen LogP contribution in [0.25, 0.3) is 33.4 Å². The van der Waals surface area contributed by atoms with Gasteiger partial charge >= 0.3 is 103 Å². The van der Waals surface area contributed by atoms with Crippen molar-refractivity contribution in [1.82, 2.24) is 38.9 Å². The minimum absolute atomic E-state index is 0. The van der Waals surface area contributed by atoms with Crippen LogP contribution in [0.5, 0.6) is 34.5 Å². The molecule has 0 saturated carbocycles. The molecule has 6 heterocycles. The molecule has 0 aliphatic carbocycles. The number of alkyl halides is 1. The average Bonchev–Trinajstić information content (AvgIpc) is 4.11. The second kappa shape index (κ2) is 28.6. The van der Waals surface area contributed by atoms with Crippen molar-refractivity contribution in [2.45, 2.75) is 39.3 Å². The van der Waals surface area contributed by atoms with Gasteiger partial charge in [0.05, 0.1) is 36.8 Å². The van der Waals surface area contributed by atoms with E-state index in [1.807, 2.05) is 120 Å². The number of nitrogen functional groups attached to an aromatic ring is 2. The van der Waals surface area contributed by atoms with Gasteiger partial charge in [-0.05, 0) is 115 Å². The van der Waals surface area contributed by atoms with Gasteiger partial charge in [-0.25, -0.2) is 19.9 Å². The zero-order chi connectivity index (χ0) is 50.6. The van der Waals surface area contributed by atoms with Crippen LogP contribution in [0, 0.1) is 0 Å². The molecule has 4 aromatic carbocycles. The van der Waals surface area contributed by atoms with E-state index in [9.17, 15) is 5.11 Å². The molecule has 374 valence electrons. The van der Waals surface area contributed by atoms with Crippen LogP contribution >= 0.6 is 11.6 Å². The van der Waals surface area contributed by atoms with Crippen LogP contribution in [0.15, 0.2) is 110 Å². The number of aromatic hydroxyl groups is 1. The number of hydrogen-bond donors (Lipinski definition) is 3. The van der Waals surface area contributed by atoms with Crippen molar-refractivity contribution in [3.05, 3.63) is 132 Å². The van der Waals surface area contributed by atoms with Crippen molar-refractivity contribution in [2.75, 3.05) is 65.2 Å². The van der Waals surface area contributed by atoms with Crippen molar-refractivity contribution in [3.8, 4) is 45.9 Å². The molecule has 4 aromatic heterocycles. The number of carbonyl (C=O) groups excluding carboxylic acids is 1. The Hall–Kier alpha value is -4.25. The molecule has 8 aromatic rings. The number of phenols is 1. The number of nitrogens with two attached hydrogens (primary N) is 2. The van der Waals surface area contributed by atoms with Gasteiger partial charge < -0.3 is 70.8 Å². The molecule has 10 rings (SSSR count). The van der Waals surface area contributed by atoms with Crippen molar-refractivity contribution < 1.29 is 148 Å². The molecule has 19 nitrogen and oxygen atoms in total. The summed E-state index contributed by atoms with van der Waals surface area (Å²) in [6, 6.07) is 29.9. The maximum atomic E-state index is 9.58. The summed E-state index contributed by atoms with van der Waals surface area (Å²) < 4.78 is 33.5. The van der Waals surface area contributed by atoms with E-state index in [0.717, 1.165) is 92.2 Å². The molecule has 5 N–H and O–H groups in total. The second-order valence-electron chi connectivity index (χ2n) is 16.7. The number of fused-ring (bicyclic) bond motifs is 6. The largest absolute Gasteiger partial charge is 1.00 e. The van der Waals surface area contributed by atoms with Crippen molar-refractivity contribution in [2.24, 2.45) is 0 Å². The van der Waals surface area contributed by atoms with Crippen molar-refractivity contribution in [1.29, 1.82) is 0 Å². The summed E-state index contributed by atoms with van der Waals surface area (Å²) in [4.78, 5) is 32.7. The fraction of sp³-hybridized carbons (Fsp3) is 0.275. The van der Waals surface area contributed by atoms with Crippen LogP contribution in [0.4, 0.5) is 11.6 Å². The smallest absolute Gasteiger partial charge is 1.00 e. The predicted octanol–water partition coefficient (Wildman–Crippen LogP) is 1.76. The van der Waals surface area contributed by atoms with Crippen LogP contribution in [0.2, 0.25) is 0 Å².